The molecule has 0 saturated heterocycles. The van der Waals surface area contributed by atoms with Crippen LogP contribution in [0.15, 0.2) is 18.2 Å². The van der Waals surface area contributed by atoms with E-state index in [1.54, 1.807) is 0 Å². The van der Waals surface area contributed by atoms with Gasteiger partial charge in [-0.1, -0.05) is 17.1 Å². The van der Waals surface area contributed by atoms with E-state index in [1.807, 2.05) is 0 Å². The van der Waals surface area contributed by atoms with Crippen molar-refractivity contribution in [3.63, 3.8) is 0 Å². The molecular formula is C6H3ClN3O2+. The average Bonchev–Trinajstić information content (AvgIpc) is 2.04. The Kier molecular flexibility index (Phi) is 2.28. The van der Waals surface area contributed by atoms with Gasteiger partial charge in [0.2, 0.25) is 5.11 Å². The van der Waals surface area contributed by atoms with E-state index in [0.717, 1.165) is 6.07 Å². The Morgan fingerprint density at radius 1 is 1.58 bits per heavy atom. The molecule has 6 heteroatoms. The van der Waals surface area contributed by atoms with Crippen molar-refractivity contribution in [3.8, 4) is 0 Å². The van der Waals surface area contributed by atoms with Crippen LogP contribution in [-0.4, -0.2) is 4.92 Å². The molecule has 1 rings (SSSR count). The van der Waals surface area contributed by atoms with Crippen LogP contribution in [0.2, 0.25) is 5.02 Å². The zero-order valence-corrected chi connectivity index (χ0v) is 6.52. The number of halogens is 1. The summed E-state index contributed by atoms with van der Waals surface area (Å²) in [5.74, 6) is 0. The molecular weight excluding hydrogens is 182 g/mol. The van der Waals surface area contributed by atoms with Gasteiger partial charge in [-0.05, 0) is 0 Å². The maximum atomic E-state index is 10.2. The monoisotopic (exact) mass is 184 g/mol. The van der Waals surface area contributed by atoms with Crippen LogP contribution in [-0.2, 0) is 0 Å². The highest BCUT2D eigenvalue weighted by atomic mass is 35.5. The van der Waals surface area contributed by atoms with Crippen LogP contribution in [0.25, 0.3) is 5.53 Å². The van der Waals surface area contributed by atoms with Crippen molar-refractivity contribution in [2.24, 2.45) is 0 Å². The summed E-state index contributed by atoms with van der Waals surface area (Å²) in [7, 11) is 0. The van der Waals surface area contributed by atoms with Crippen LogP contribution in [0.4, 0.5) is 11.4 Å². The molecule has 1 aromatic carbocycles. The topological polar surface area (TPSA) is 79.5 Å². The highest BCUT2D eigenvalue weighted by Gasteiger charge is 2.22. The summed E-state index contributed by atoms with van der Waals surface area (Å²) in [6, 6.07) is 3.60. The fourth-order valence-electron chi connectivity index (χ4n) is 0.690. The molecule has 0 N–H and O–H groups in total. The van der Waals surface area contributed by atoms with Gasteiger partial charge in [0, 0.05) is 12.1 Å². The first-order valence-electron chi connectivity index (χ1n) is 2.94. The Labute approximate surface area is 72.6 Å². The van der Waals surface area contributed by atoms with Crippen LogP contribution in [0.5, 0.6) is 0 Å². The summed E-state index contributed by atoms with van der Waals surface area (Å²) < 4.78 is 0. The van der Waals surface area contributed by atoms with Gasteiger partial charge in [-0.15, -0.1) is 0 Å². The first kappa shape index (κ1) is 8.52. The fourth-order valence-corrected chi connectivity index (χ4v) is 0.903. The summed E-state index contributed by atoms with van der Waals surface area (Å²) in [6.45, 7) is 0. The number of nitro benzene ring substituents is 1. The second kappa shape index (κ2) is 3.21. The number of nitrogens with zero attached hydrogens (tertiary/aromatic N) is 3. The van der Waals surface area contributed by atoms with E-state index in [9.17, 15) is 10.1 Å². The minimum absolute atomic E-state index is 0.0479. The predicted molar refractivity (Wildman–Crippen MR) is 43.3 cm³/mol. The third kappa shape index (κ3) is 1.53. The zero-order valence-electron chi connectivity index (χ0n) is 5.77. The Balaban J connectivity index is 3.18. The standard InChI is InChI=1S/C6H3ClN3O2/c7-5-3-4(10(11)12)1-2-6(5)9-8/h1-3H/q+1. The molecule has 0 aromatic heterocycles. The maximum Gasteiger partial charge on any atom is 0.547 e. The highest BCUT2D eigenvalue weighted by Crippen LogP contribution is 2.25. The van der Waals surface area contributed by atoms with Gasteiger partial charge in [-0.3, -0.25) is 10.1 Å². The number of hydrogen-bond acceptors (Lipinski definition) is 3. The first-order chi connectivity index (χ1) is 5.65. The van der Waals surface area contributed by atoms with E-state index in [0.29, 0.717) is 0 Å². The molecule has 60 valence electrons. The van der Waals surface area contributed by atoms with Crippen LogP contribution in [0.1, 0.15) is 0 Å². The first-order valence-corrected chi connectivity index (χ1v) is 3.32. The van der Waals surface area contributed by atoms with Gasteiger partial charge in [0.25, 0.3) is 5.69 Å². The van der Waals surface area contributed by atoms with E-state index < -0.39 is 4.92 Å². The summed E-state index contributed by atoms with van der Waals surface area (Å²) in [5.41, 5.74) is 8.30. The molecule has 0 aliphatic heterocycles. The Morgan fingerprint density at radius 3 is 2.67 bits per heavy atom. The molecule has 0 unspecified atom stereocenters. The van der Waals surface area contributed by atoms with Crippen LogP contribution in [0.3, 0.4) is 0 Å². The number of nitro groups is 1. The van der Waals surface area contributed by atoms with Gasteiger partial charge in [-0.2, -0.15) is 0 Å². The Hall–Kier alpha value is -1.58. The molecule has 0 radical (unpaired) electrons. The molecule has 12 heavy (non-hydrogen) atoms. The molecule has 0 amide bonds. The molecule has 0 saturated carbocycles. The van der Waals surface area contributed by atoms with Crippen molar-refractivity contribution in [1.29, 1.82) is 0 Å². The second-order valence-electron chi connectivity index (χ2n) is 1.99. The molecule has 0 aliphatic rings. The molecule has 0 bridgehead atoms. The van der Waals surface area contributed by atoms with Gasteiger partial charge in [-0.25, -0.2) is 0 Å². The fraction of sp³-hybridized carbons (Fsp3) is 0. The lowest BCUT2D eigenvalue weighted by Crippen LogP contribution is -1.87. The van der Waals surface area contributed by atoms with Gasteiger partial charge in [0.1, 0.15) is 0 Å². The molecule has 0 heterocycles. The molecule has 5 nitrogen and oxygen atoms in total. The predicted octanol–water partition coefficient (Wildman–Crippen LogP) is 2.24. The van der Waals surface area contributed by atoms with Crippen LogP contribution >= 0.6 is 11.6 Å². The normalized spacial score (nSPS) is 9.08. The smallest absolute Gasteiger partial charge is 0.258 e. The Bertz CT molecular complexity index is 340. The highest BCUT2D eigenvalue weighted by molar-refractivity contribution is 6.33. The van der Waals surface area contributed by atoms with Gasteiger partial charge >= 0.3 is 5.69 Å². The van der Waals surface area contributed by atoms with E-state index in [4.69, 9.17) is 17.1 Å². The summed E-state index contributed by atoms with van der Waals surface area (Å²) >= 11 is 5.52. The van der Waals surface area contributed by atoms with Crippen molar-refractivity contribution >= 4 is 23.0 Å². The molecule has 0 fully saturated rings. The number of non-ortho nitro benzene ring substituents is 1. The van der Waals surface area contributed by atoms with Crippen molar-refractivity contribution in [2.75, 3.05) is 0 Å². The maximum absolute atomic E-state index is 10.2. The molecule has 0 atom stereocenters. The van der Waals surface area contributed by atoms with Gasteiger partial charge in [0.05, 0.1) is 11.0 Å². The third-order valence-electron chi connectivity index (χ3n) is 1.25. The van der Waals surface area contributed by atoms with Crippen molar-refractivity contribution in [2.45, 2.75) is 0 Å². The summed E-state index contributed by atoms with van der Waals surface area (Å²) in [6.07, 6.45) is 0. The second-order valence-corrected chi connectivity index (χ2v) is 2.40. The minimum Gasteiger partial charge on any atom is -0.258 e. The lowest BCUT2D eigenvalue weighted by atomic mass is 10.3. The number of hydrogen-bond donors (Lipinski definition) is 0. The van der Waals surface area contributed by atoms with Gasteiger partial charge in [0.15, 0.2) is 5.02 Å². The van der Waals surface area contributed by atoms with Gasteiger partial charge < -0.3 is 0 Å². The lowest BCUT2D eigenvalue weighted by Gasteiger charge is -1.86. The molecule has 0 aliphatic carbocycles. The summed E-state index contributed by atoms with van der Waals surface area (Å²) in [5, 5.41) is 13.1. The van der Waals surface area contributed by atoms with Crippen molar-refractivity contribution in [3.05, 3.63) is 38.9 Å². The number of benzene rings is 1. The lowest BCUT2D eigenvalue weighted by molar-refractivity contribution is -0.384. The van der Waals surface area contributed by atoms with E-state index in [2.05, 4.69) is 5.11 Å². The zero-order chi connectivity index (χ0) is 9.14. The third-order valence-corrected chi connectivity index (χ3v) is 1.55. The summed E-state index contributed by atoms with van der Waals surface area (Å²) in [4.78, 5) is 9.63. The minimum atomic E-state index is -0.576. The quantitative estimate of drug-likeness (QED) is 0.401. The van der Waals surface area contributed by atoms with Crippen LogP contribution in [0, 0.1) is 10.1 Å². The molecule has 1 aromatic rings. The van der Waals surface area contributed by atoms with E-state index in [1.165, 1.54) is 12.1 Å². The van der Waals surface area contributed by atoms with E-state index >= 15 is 0 Å². The Morgan fingerprint density at radius 2 is 2.25 bits per heavy atom. The van der Waals surface area contributed by atoms with Crippen molar-refractivity contribution < 1.29 is 4.92 Å². The van der Waals surface area contributed by atoms with E-state index in [-0.39, 0.29) is 16.4 Å². The largest absolute Gasteiger partial charge is 0.547 e. The molecule has 0 spiro atoms. The average molecular weight is 185 g/mol. The van der Waals surface area contributed by atoms with Crippen molar-refractivity contribution in [1.82, 2.24) is 5.11 Å². The SMILES string of the molecule is [N-]=[N+2]c1ccc([N+](=O)[O-])cc1Cl. The van der Waals surface area contributed by atoms with Crippen LogP contribution < -0.4 is 5.11 Å². The number of rotatable bonds is 2.